The van der Waals surface area contributed by atoms with E-state index in [1.807, 2.05) is 23.1 Å². The highest BCUT2D eigenvalue weighted by molar-refractivity contribution is 14.0. The van der Waals surface area contributed by atoms with Crippen LogP contribution in [0, 0.1) is 5.82 Å². The quantitative estimate of drug-likeness (QED) is 0.142. The smallest absolute Gasteiger partial charge is 0.222 e. The van der Waals surface area contributed by atoms with E-state index in [2.05, 4.69) is 35.8 Å². The minimum Gasteiger partial charge on any atom is -0.357 e. The van der Waals surface area contributed by atoms with Crippen LogP contribution < -0.4 is 10.6 Å². The minimum absolute atomic E-state index is 0. The van der Waals surface area contributed by atoms with Crippen molar-refractivity contribution in [3.8, 4) is 0 Å². The summed E-state index contributed by atoms with van der Waals surface area (Å²) < 4.78 is 13.0. The van der Waals surface area contributed by atoms with Gasteiger partial charge in [-0.1, -0.05) is 24.3 Å². The molecule has 0 aliphatic carbocycles. The lowest BCUT2D eigenvalue weighted by atomic mass is 10.1. The van der Waals surface area contributed by atoms with Gasteiger partial charge in [0.1, 0.15) is 5.82 Å². The molecule has 1 saturated heterocycles. The van der Waals surface area contributed by atoms with Crippen LogP contribution in [-0.4, -0.2) is 42.2 Å². The number of benzene rings is 2. The molecule has 1 fully saturated rings. The van der Waals surface area contributed by atoms with E-state index < -0.39 is 0 Å². The number of halogens is 2. The van der Waals surface area contributed by atoms with Crippen molar-refractivity contribution in [1.29, 1.82) is 0 Å². The van der Waals surface area contributed by atoms with E-state index in [4.69, 9.17) is 4.99 Å². The van der Waals surface area contributed by atoms with Crippen LogP contribution in [0.3, 0.4) is 0 Å². The standard InChI is InChI=1S/C24H31FN4OS.HI/c1-2-26-24(27-13-5-15-31-22-11-9-21(25)10-12-22)28-17-19-6-3-7-20(16-19)18-29-14-4-8-23(29)30;/h3,6-7,9-12,16H,2,4-5,8,13-15,17-18H2,1H3,(H2,26,27,28);1H. The van der Waals surface area contributed by atoms with Crippen molar-refractivity contribution in [3.63, 3.8) is 0 Å². The molecule has 0 saturated carbocycles. The van der Waals surface area contributed by atoms with Crippen molar-refractivity contribution >= 4 is 47.6 Å². The number of amides is 1. The van der Waals surface area contributed by atoms with Crippen LogP contribution in [0.1, 0.15) is 37.3 Å². The van der Waals surface area contributed by atoms with Crippen molar-refractivity contribution in [1.82, 2.24) is 15.5 Å². The summed E-state index contributed by atoms with van der Waals surface area (Å²) in [4.78, 5) is 19.6. The monoisotopic (exact) mass is 570 g/mol. The van der Waals surface area contributed by atoms with Crippen LogP contribution in [0.2, 0.25) is 0 Å². The Morgan fingerprint density at radius 2 is 1.94 bits per heavy atom. The van der Waals surface area contributed by atoms with Gasteiger partial charge in [0, 0.05) is 37.5 Å². The number of rotatable bonds is 10. The fraction of sp³-hybridized carbons (Fsp3) is 0.417. The Balaban J connectivity index is 0.00000363. The predicted octanol–water partition coefficient (Wildman–Crippen LogP) is 4.80. The number of hydrogen-bond donors (Lipinski definition) is 2. The van der Waals surface area contributed by atoms with Crippen LogP contribution in [0.25, 0.3) is 0 Å². The fourth-order valence-corrected chi connectivity index (χ4v) is 4.28. The molecule has 1 heterocycles. The van der Waals surface area contributed by atoms with Gasteiger partial charge in [-0.15, -0.1) is 35.7 Å². The molecule has 174 valence electrons. The number of carbonyl (C=O) groups excluding carboxylic acids is 1. The Kier molecular flexibility index (Phi) is 11.9. The van der Waals surface area contributed by atoms with Gasteiger partial charge in [-0.3, -0.25) is 4.79 Å². The second-order valence-corrected chi connectivity index (χ2v) is 8.69. The normalized spacial score (nSPS) is 13.8. The predicted molar refractivity (Wildman–Crippen MR) is 141 cm³/mol. The first-order valence-electron chi connectivity index (χ1n) is 10.9. The molecule has 1 amide bonds. The topological polar surface area (TPSA) is 56.7 Å². The van der Waals surface area contributed by atoms with Crippen LogP contribution in [-0.2, 0) is 17.9 Å². The number of aliphatic imine (C=N–C) groups is 1. The van der Waals surface area contributed by atoms with Gasteiger partial charge in [0.15, 0.2) is 5.96 Å². The Morgan fingerprint density at radius 1 is 1.16 bits per heavy atom. The molecule has 0 unspecified atom stereocenters. The fourth-order valence-electron chi connectivity index (χ4n) is 3.43. The molecular formula is C24H32FIN4OS. The van der Waals surface area contributed by atoms with Crippen LogP contribution >= 0.6 is 35.7 Å². The molecule has 0 bridgehead atoms. The summed E-state index contributed by atoms with van der Waals surface area (Å²) in [6.07, 6.45) is 2.61. The van der Waals surface area contributed by atoms with E-state index in [9.17, 15) is 9.18 Å². The van der Waals surface area contributed by atoms with Gasteiger partial charge in [0.25, 0.3) is 0 Å². The summed E-state index contributed by atoms with van der Waals surface area (Å²) in [5.41, 5.74) is 2.28. The summed E-state index contributed by atoms with van der Waals surface area (Å²) in [7, 11) is 0. The van der Waals surface area contributed by atoms with E-state index in [1.54, 1.807) is 11.8 Å². The summed E-state index contributed by atoms with van der Waals surface area (Å²) in [5.74, 6) is 1.80. The molecule has 2 N–H and O–H groups in total. The SMILES string of the molecule is CCNC(=NCc1cccc(CN2CCCC2=O)c1)NCCCSc1ccc(F)cc1.I. The van der Waals surface area contributed by atoms with Crippen molar-refractivity contribution in [2.24, 2.45) is 4.99 Å². The number of nitrogens with one attached hydrogen (secondary N) is 2. The molecule has 8 heteroatoms. The third-order valence-electron chi connectivity index (χ3n) is 5.00. The average Bonchev–Trinajstić information content (AvgIpc) is 3.17. The number of hydrogen-bond acceptors (Lipinski definition) is 3. The van der Waals surface area contributed by atoms with E-state index in [-0.39, 0.29) is 35.7 Å². The Hall–Kier alpha value is -1.81. The van der Waals surface area contributed by atoms with Gasteiger partial charge in [-0.25, -0.2) is 9.38 Å². The lowest BCUT2D eigenvalue weighted by Gasteiger charge is -2.16. The largest absolute Gasteiger partial charge is 0.357 e. The lowest BCUT2D eigenvalue weighted by Crippen LogP contribution is -2.37. The molecular weight excluding hydrogens is 538 g/mol. The molecule has 0 aromatic heterocycles. The second-order valence-electron chi connectivity index (χ2n) is 7.52. The molecule has 0 spiro atoms. The maximum Gasteiger partial charge on any atom is 0.222 e. The van der Waals surface area contributed by atoms with Crippen LogP contribution in [0.5, 0.6) is 0 Å². The molecule has 3 rings (SSSR count). The molecule has 1 aliphatic rings. The molecule has 0 atom stereocenters. The van der Waals surface area contributed by atoms with Gasteiger partial charge in [-0.2, -0.15) is 0 Å². The highest BCUT2D eigenvalue weighted by Crippen LogP contribution is 2.18. The Morgan fingerprint density at radius 3 is 2.66 bits per heavy atom. The zero-order chi connectivity index (χ0) is 21.9. The summed E-state index contributed by atoms with van der Waals surface area (Å²) in [5, 5.41) is 6.66. The average molecular weight is 571 g/mol. The Bertz CT molecular complexity index is 879. The number of carbonyl (C=O) groups is 1. The van der Waals surface area contributed by atoms with Gasteiger partial charge < -0.3 is 15.5 Å². The first kappa shape index (κ1) is 26.4. The van der Waals surface area contributed by atoms with Gasteiger partial charge in [0.05, 0.1) is 6.54 Å². The zero-order valence-electron chi connectivity index (χ0n) is 18.5. The third kappa shape index (κ3) is 8.97. The maximum absolute atomic E-state index is 13.0. The number of guanidine groups is 1. The summed E-state index contributed by atoms with van der Waals surface area (Å²) in [6, 6.07) is 14.9. The molecule has 32 heavy (non-hydrogen) atoms. The third-order valence-corrected chi connectivity index (χ3v) is 6.09. The van der Waals surface area contributed by atoms with Crippen molar-refractivity contribution < 1.29 is 9.18 Å². The summed E-state index contributed by atoms with van der Waals surface area (Å²) in [6.45, 7) is 5.79. The van der Waals surface area contributed by atoms with Gasteiger partial charge >= 0.3 is 0 Å². The molecule has 2 aromatic carbocycles. The van der Waals surface area contributed by atoms with E-state index in [0.717, 1.165) is 60.2 Å². The Labute approximate surface area is 211 Å². The summed E-state index contributed by atoms with van der Waals surface area (Å²) >= 11 is 1.72. The van der Waals surface area contributed by atoms with Crippen LogP contribution in [0.4, 0.5) is 4.39 Å². The first-order chi connectivity index (χ1) is 15.1. The zero-order valence-corrected chi connectivity index (χ0v) is 21.6. The van der Waals surface area contributed by atoms with E-state index in [1.165, 1.54) is 12.1 Å². The first-order valence-corrected chi connectivity index (χ1v) is 11.9. The highest BCUT2D eigenvalue weighted by Gasteiger charge is 2.19. The van der Waals surface area contributed by atoms with Gasteiger partial charge in [0.2, 0.25) is 5.91 Å². The van der Waals surface area contributed by atoms with Crippen molar-refractivity contribution in [3.05, 3.63) is 65.5 Å². The molecule has 5 nitrogen and oxygen atoms in total. The van der Waals surface area contributed by atoms with E-state index in [0.29, 0.717) is 19.5 Å². The molecule has 2 aromatic rings. The van der Waals surface area contributed by atoms with Crippen molar-refractivity contribution in [2.45, 2.75) is 44.2 Å². The maximum atomic E-state index is 13.0. The second kappa shape index (κ2) is 14.4. The number of nitrogens with zero attached hydrogens (tertiary/aromatic N) is 2. The van der Waals surface area contributed by atoms with Crippen molar-refractivity contribution in [2.75, 3.05) is 25.4 Å². The lowest BCUT2D eigenvalue weighted by molar-refractivity contribution is -0.128. The molecule has 0 radical (unpaired) electrons. The van der Waals surface area contributed by atoms with Gasteiger partial charge in [-0.05, 0) is 60.9 Å². The molecule has 1 aliphatic heterocycles. The van der Waals surface area contributed by atoms with Crippen LogP contribution in [0.15, 0.2) is 58.4 Å². The number of likely N-dealkylation sites (tertiary alicyclic amines) is 1. The number of thioether (sulfide) groups is 1. The highest BCUT2D eigenvalue weighted by atomic mass is 127. The van der Waals surface area contributed by atoms with E-state index >= 15 is 0 Å². The minimum atomic E-state index is -0.201.